The molecule has 2 aromatic rings. The van der Waals surface area contributed by atoms with Crippen molar-refractivity contribution in [3.63, 3.8) is 0 Å². The fourth-order valence-electron chi connectivity index (χ4n) is 2.86. The quantitative estimate of drug-likeness (QED) is 0.881. The van der Waals surface area contributed by atoms with E-state index in [0.29, 0.717) is 5.41 Å². The molecular formula is C18H21N. The molecule has 0 spiro atoms. The number of nitrogens with one attached hydrogen (secondary N) is 1. The summed E-state index contributed by atoms with van der Waals surface area (Å²) in [5.74, 6) is 0. The SMILES string of the molecule is Cc1ccc(CC2(c3ccc(C)cc3)CNC2)cc1. The molecule has 1 heterocycles. The third-order valence-electron chi connectivity index (χ3n) is 4.25. The maximum atomic E-state index is 3.45. The smallest absolute Gasteiger partial charge is 0.0242 e. The van der Waals surface area contributed by atoms with Gasteiger partial charge in [-0.25, -0.2) is 0 Å². The Labute approximate surface area is 115 Å². The molecule has 0 aliphatic carbocycles. The van der Waals surface area contributed by atoms with E-state index in [0.717, 1.165) is 19.5 Å². The van der Waals surface area contributed by atoms with Gasteiger partial charge in [0, 0.05) is 18.5 Å². The van der Waals surface area contributed by atoms with Gasteiger partial charge in [-0.15, -0.1) is 0 Å². The Bertz CT molecular complexity index is 547. The lowest BCUT2D eigenvalue weighted by molar-refractivity contribution is 0.274. The van der Waals surface area contributed by atoms with Crippen molar-refractivity contribution in [1.29, 1.82) is 0 Å². The van der Waals surface area contributed by atoms with Gasteiger partial charge in [-0.1, -0.05) is 59.7 Å². The van der Waals surface area contributed by atoms with Crippen molar-refractivity contribution in [3.05, 3.63) is 70.8 Å². The monoisotopic (exact) mass is 251 g/mol. The third-order valence-corrected chi connectivity index (χ3v) is 4.25. The van der Waals surface area contributed by atoms with Gasteiger partial charge in [0.2, 0.25) is 0 Å². The van der Waals surface area contributed by atoms with Crippen molar-refractivity contribution in [2.45, 2.75) is 25.7 Å². The van der Waals surface area contributed by atoms with Crippen LogP contribution in [0.25, 0.3) is 0 Å². The molecule has 0 unspecified atom stereocenters. The zero-order valence-corrected chi connectivity index (χ0v) is 11.7. The molecule has 1 nitrogen and oxygen atoms in total. The van der Waals surface area contributed by atoms with Gasteiger partial charge in [0.25, 0.3) is 0 Å². The summed E-state index contributed by atoms with van der Waals surface area (Å²) in [4.78, 5) is 0. The highest BCUT2D eigenvalue weighted by Gasteiger charge is 2.38. The van der Waals surface area contributed by atoms with Crippen LogP contribution in [0.3, 0.4) is 0 Å². The fraction of sp³-hybridized carbons (Fsp3) is 0.333. The van der Waals surface area contributed by atoms with Crippen LogP contribution in [-0.4, -0.2) is 13.1 Å². The second-order valence-corrected chi connectivity index (χ2v) is 5.91. The van der Waals surface area contributed by atoms with Gasteiger partial charge in [-0.3, -0.25) is 0 Å². The number of hydrogen-bond donors (Lipinski definition) is 1. The molecule has 19 heavy (non-hydrogen) atoms. The molecule has 0 radical (unpaired) electrons. The zero-order chi connectivity index (χ0) is 13.3. The highest BCUT2D eigenvalue weighted by atomic mass is 15.0. The standard InChI is InChI=1S/C18H21N/c1-14-3-7-16(8-4-14)11-18(12-19-13-18)17-9-5-15(2)6-10-17/h3-10,19H,11-13H2,1-2H3. The van der Waals surface area contributed by atoms with Gasteiger partial charge in [0.1, 0.15) is 0 Å². The van der Waals surface area contributed by atoms with Gasteiger partial charge in [0.15, 0.2) is 0 Å². The molecule has 0 amide bonds. The Morgan fingerprint density at radius 3 is 1.84 bits per heavy atom. The van der Waals surface area contributed by atoms with Crippen molar-refractivity contribution in [2.24, 2.45) is 0 Å². The Balaban J connectivity index is 1.87. The normalized spacial score (nSPS) is 16.9. The van der Waals surface area contributed by atoms with Crippen LogP contribution in [0.2, 0.25) is 0 Å². The lowest BCUT2D eigenvalue weighted by Gasteiger charge is -2.43. The average Bonchev–Trinajstić information content (AvgIpc) is 2.37. The van der Waals surface area contributed by atoms with Gasteiger partial charge in [-0.05, 0) is 31.4 Å². The van der Waals surface area contributed by atoms with Gasteiger partial charge < -0.3 is 5.32 Å². The summed E-state index contributed by atoms with van der Waals surface area (Å²) < 4.78 is 0. The van der Waals surface area contributed by atoms with Crippen LogP contribution in [-0.2, 0) is 11.8 Å². The van der Waals surface area contributed by atoms with Crippen molar-refractivity contribution in [3.8, 4) is 0 Å². The summed E-state index contributed by atoms with van der Waals surface area (Å²) >= 11 is 0. The maximum Gasteiger partial charge on any atom is 0.0242 e. The number of rotatable bonds is 3. The second-order valence-electron chi connectivity index (χ2n) is 5.91. The fourth-order valence-corrected chi connectivity index (χ4v) is 2.86. The van der Waals surface area contributed by atoms with E-state index < -0.39 is 0 Å². The van der Waals surface area contributed by atoms with Crippen molar-refractivity contribution in [2.75, 3.05) is 13.1 Å². The van der Waals surface area contributed by atoms with Gasteiger partial charge >= 0.3 is 0 Å². The Morgan fingerprint density at radius 1 is 0.842 bits per heavy atom. The summed E-state index contributed by atoms with van der Waals surface area (Å²) in [5, 5.41) is 3.45. The summed E-state index contributed by atoms with van der Waals surface area (Å²) in [6.07, 6.45) is 1.13. The number of benzene rings is 2. The maximum absolute atomic E-state index is 3.45. The molecule has 0 saturated carbocycles. The molecule has 3 rings (SSSR count). The van der Waals surface area contributed by atoms with Gasteiger partial charge in [-0.2, -0.15) is 0 Å². The predicted molar refractivity (Wildman–Crippen MR) is 80.6 cm³/mol. The topological polar surface area (TPSA) is 12.0 Å². The van der Waals surface area contributed by atoms with Crippen LogP contribution in [0.15, 0.2) is 48.5 Å². The predicted octanol–water partition coefficient (Wildman–Crippen LogP) is 3.39. The minimum atomic E-state index is 0.295. The highest BCUT2D eigenvalue weighted by Crippen LogP contribution is 2.32. The van der Waals surface area contributed by atoms with Crippen LogP contribution >= 0.6 is 0 Å². The van der Waals surface area contributed by atoms with Crippen molar-refractivity contribution < 1.29 is 0 Å². The van der Waals surface area contributed by atoms with Crippen molar-refractivity contribution in [1.82, 2.24) is 5.32 Å². The van der Waals surface area contributed by atoms with E-state index in [1.807, 2.05) is 0 Å². The lowest BCUT2D eigenvalue weighted by Crippen LogP contribution is -2.58. The molecule has 1 aliphatic rings. The van der Waals surface area contributed by atoms with Crippen LogP contribution < -0.4 is 5.32 Å². The first-order valence-electron chi connectivity index (χ1n) is 7.01. The summed E-state index contributed by atoms with van der Waals surface area (Å²) in [7, 11) is 0. The first-order chi connectivity index (χ1) is 9.18. The molecular weight excluding hydrogens is 230 g/mol. The molecule has 1 saturated heterocycles. The Hall–Kier alpha value is -1.60. The minimum absolute atomic E-state index is 0.295. The third kappa shape index (κ3) is 2.43. The highest BCUT2D eigenvalue weighted by molar-refractivity contribution is 5.35. The van der Waals surface area contributed by atoms with Crippen molar-refractivity contribution >= 4 is 0 Å². The first-order valence-corrected chi connectivity index (χ1v) is 7.01. The lowest BCUT2D eigenvalue weighted by atomic mass is 9.71. The second kappa shape index (κ2) is 4.82. The molecule has 2 aromatic carbocycles. The molecule has 0 aromatic heterocycles. The van der Waals surface area contributed by atoms with E-state index in [9.17, 15) is 0 Å². The zero-order valence-electron chi connectivity index (χ0n) is 11.7. The van der Waals surface area contributed by atoms with Gasteiger partial charge in [0.05, 0.1) is 0 Å². The molecule has 1 heteroatoms. The molecule has 98 valence electrons. The van der Waals surface area contributed by atoms with Crippen LogP contribution in [0.4, 0.5) is 0 Å². The molecule has 1 fully saturated rings. The van der Waals surface area contributed by atoms with E-state index in [2.05, 4.69) is 67.7 Å². The molecule has 0 atom stereocenters. The molecule has 0 bridgehead atoms. The minimum Gasteiger partial charge on any atom is -0.315 e. The van der Waals surface area contributed by atoms with Crippen LogP contribution in [0.1, 0.15) is 22.3 Å². The van der Waals surface area contributed by atoms with Crippen LogP contribution in [0.5, 0.6) is 0 Å². The first kappa shape index (κ1) is 12.4. The summed E-state index contributed by atoms with van der Waals surface area (Å²) in [5.41, 5.74) is 5.87. The summed E-state index contributed by atoms with van der Waals surface area (Å²) in [6.45, 7) is 6.47. The number of aryl methyl sites for hydroxylation is 2. The largest absolute Gasteiger partial charge is 0.315 e. The molecule has 1 aliphatic heterocycles. The van der Waals surface area contributed by atoms with Crippen LogP contribution in [0, 0.1) is 13.8 Å². The molecule has 1 N–H and O–H groups in total. The van der Waals surface area contributed by atoms with E-state index in [1.165, 1.54) is 22.3 Å². The number of hydrogen-bond acceptors (Lipinski definition) is 1. The van der Waals surface area contributed by atoms with E-state index in [1.54, 1.807) is 0 Å². The van der Waals surface area contributed by atoms with E-state index >= 15 is 0 Å². The van der Waals surface area contributed by atoms with E-state index in [4.69, 9.17) is 0 Å². The Kier molecular flexibility index (Phi) is 3.16. The summed E-state index contributed by atoms with van der Waals surface area (Å²) in [6, 6.07) is 18.0. The average molecular weight is 251 g/mol. The van der Waals surface area contributed by atoms with E-state index in [-0.39, 0.29) is 0 Å². The Morgan fingerprint density at radius 2 is 1.37 bits per heavy atom.